The summed E-state index contributed by atoms with van der Waals surface area (Å²) in [6.07, 6.45) is -1.33. The van der Waals surface area contributed by atoms with Gasteiger partial charge in [-0.25, -0.2) is 22.0 Å². The summed E-state index contributed by atoms with van der Waals surface area (Å²) in [6, 6.07) is 1.41. The number of halogens is 5. The lowest BCUT2D eigenvalue weighted by atomic mass is 9.80. The van der Waals surface area contributed by atoms with E-state index < -0.39 is 41.6 Å². The summed E-state index contributed by atoms with van der Waals surface area (Å²) in [5.74, 6) is -4.57. The third kappa shape index (κ3) is 3.16. The van der Waals surface area contributed by atoms with E-state index in [0.29, 0.717) is 29.7 Å². The molecule has 0 heterocycles. The monoisotopic (exact) mass is 382 g/mol. The number of aliphatic hydroxyl groups is 1. The van der Waals surface area contributed by atoms with E-state index in [9.17, 15) is 27.1 Å². The fraction of sp³-hybridized carbons (Fsp3) is 0.333. The molecule has 0 saturated carbocycles. The van der Waals surface area contributed by atoms with Gasteiger partial charge in [-0.2, -0.15) is 0 Å². The molecule has 0 bridgehead atoms. The average molecular weight is 382 g/mol. The average Bonchev–Trinajstić information content (AvgIpc) is 2.85. The van der Waals surface area contributed by atoms with Crippen LogP contribution in [0.15, 0.2) is 60.0 Å². The van der Waals surface area contributed by atoms with Crippen LogP contribution in [-0.2, 0) is 0 Å². The van der Waals surface area contributed by atoms with Gasteiger partial charge in [-0.15, -0.1) is 6.58 Å². The third-order valence-corrected chi connectivity index (χ3v) is 5.42. The van der Waals surface area contributed by atoms with Crippen LogP contribution in [0, 0.1) is 29.4 Å². The zero-order valence-electron chi connectivity index (χ0n) is 14.7. The molecule has 3 rings (SSSR count). The molecule has 2 aliphatic rings. The Morgan fingerprint density at radius 3 is 2.30 bits per heavy atom. The zero-order valence-corrected chi connectivity index (χ0v) is 14.7. The standard InChI is InChI=1S/C21H19F5O/c1-4-12-14-5-9(2)15(22)8-13(14)10(3)18(12)20(27)11-6-16(23)19(21(25)26)17(24)7-11/h4,6-9,12,18,20-21,27H,1,3,5H2,2H3. The first kappa shape index (κ1) is 19.5. The van der Waals surface area contributed by atoms with Crippen LogP contribution < -0.4 is 0 Å². The minimum Gasteiger partial charge on any atom is -0.388 e. The van der Waals surface area contributed by atoms with Crippen molar-refractivity contribution in [2.45, 2.75) is 25.9 Å². The van der Waals surface area contributed by atoms with E-state index in [4.69, 9.17) is 0 Å². The Kier molecular flexibility index (Phi) is 5.12. The third-order valence-electron chi connectivity index (χ3n) is 5.42. The minimum atomic E-state index is -3.30. The summed E-state index contributed by atoms with van der Waals surface area (Å²) < 4.78 is 67.4. The maximum Gasteiger partial charge on any atom is 0.269 e. The van der Waals surface area contributed by atoms with Gasteiger partial charge in [0.1, 0.15) is 17.5 Å². The second-order valence-electron chi connectivity index (χ2n) is 7.03. The highest BCUT2D eigenvalue weighted by Gasteiger charge is 2.42. The van der Waals surface area contributed by atoms with Crippen molar-refractivity contribution in [1.29, 1.82) is 0 Å². The van der Waals surface area contributed by atoms with E-state index in [-0.39, 0.29) is 17.3 Å². The van der Waals surface area contributed by atoms with Crippen LogP contribution in [0.4, 0.5) is 22.0 Å². The summed E-state index contributed by atoms with van der Waals surface area (Å²) in [5.41, 5.74) is 0.364. The molecule has 1 nitrogen and oxygen atoms in total. The van der Waals surface area contributed by atoms with E-state index in [0.717, 1.165) is 5.57 Å². The number of rotatable bonds is 4. The van der Waals surface area contributed by atoms with Gasteiger partial charge in [0.15, 0.2) is 0 Å². The van der Waals surface area contributed by atoms with Crippen molar-refractivity contribution in [3.63, 3.8) is 0 Å². The summed E-state index contributed by atoms with van der Waals surface area (Å²) >= 11 is 0. The molecule has 0 amide bonds. The van der Waals surface area contributed by atoms with Crippen molar-refractivity contribution in [3.8, 4) is 0 Å². The smallest absolute Gasteiger partial charge is 0.269 e. The van der Waals surface area contributed by atoms with Crippen LogP contribution in [0.5, 0.6) is 0 Å². The topological polar surface area (TPSA) is 20.2 Å². The molecular formula is C21H19F5O. The highest BCUT2D eigenvalue weighted by molar-refractivity contribution is 5.55. The fourth-order valence-corrected chi connectivity index (χ4v) is 4.00. The summed E-state index contributed by atoms with van der Waals surface area (Å²) in [7, 11) is 0. The molecule has 1 aromatic rings. The molecule has 27 heavy (non-hydrogen) atoms. The predicted molar refractivity (Wildman–Crippen MR) is 92.6 cm³/mol. The Labute approximate surface area is 154 Å². The molecular weight excluding hydrogens is 363 g/mol. The van der Waals surface area contributed by atoms with Gasteiger partial charge in [0.05, 0.1) is 11.7 Å². The van der Waals surface area contributed by atoms with Crippen LogP contribution in [0.25, 0.3) is 0 Å². The fourth-order valence-electron chi connectivity index (χ4n) is 4.00. The Balaban J connectivity index is 2.00. The van der Waals surface area contributed by atoms with E-state index in [2.05, 4.69) is 13.2 Å². The molecule has 1 N–H and O–H groups in total. The Morgan fingerprint density at radius 1 is 1.19 bits per heavy atom. The number of hydrogen-bond donors (Lipinski definition) is 1. The van der Waals surface area contributed by atoms with E-state index in [1.807, 2.05) is 0 Å². The van der Waals surface area contributed by atoms with Gasteiger partial charge < -0.3 is 5.11 Å². The molecule has 144 valence electrons. The first-order chi connectivity index (χ1) is 12.7. The first-order valence-corrected chi connectivity index (χ1v) is 8.54. The molecule has 4 unspecified atom stereocenters. The number of hydrogen-bond acceptors (Lipinski definition) is 1. The second kappa shape index (κ2) is 7.08. The van der Waals surface area contributed by atoms with Crippen molar-refractivity contribution in [1.82, 2.24) is 0 Å². The Morgan fingerprint density at radius 2 is 1.78 bits per heavy atom. The molecule has 0 fully saturated rings. The van der Waals surface area contributed by atoms with Gasteiger partial charge in [-0.1, -0.05) is 25.2 Å². The quantitative estimate of drug-likeness (QED) is 0.492. The zero-order chi connectivity index (χ0) is 20.0. The predicted octanol–water partition coefficient (Wildman–Crippen LogP) is 6.11. The van der Waals surface area contributed by atoms with Crippen molar-refractivity contribution in [2.75, 3.05) is 0 Å². The molecule has 0 saturated heterocycles. The minimum absolute atomic E-state index is 0.176. The van der Waals surface area contributed by atoms with E-state index in [1.165, 1.54) is 6.08 Å². The van der Waals surface area contributed by atoms with Crippen LogP contribution in [0.1, 0.15) is 37.0 Å². The van der Waals surface area contributed by atoms with Crippen LogP contribution in [0.2, 0.25) is 0 Å². The maximum absolute atomic E-state index is 14.0. The normalized spacial score (nSPS) is 26.3. The van der Waals surface area contributed by atoms with E-state index >= 15 is 0 Å². The summed E-state index contributed by atoms with van der Waals surface area (Å²) in [6.45, 7) is 9.43. The first-order valence-electron chi connectivity index (χ1n) is 8.54. The van der Waals surface area contributed by atoms with Crippen LogP contribution in [0.3, 0.4) is 0 Å². The van der Waals surface area contributed by atoms with Crippen molar-refractivity contribution < 1.29 is 27.1 Å². The number of benzene rings is 1. The molecule has 2 aliphatic carbocycles. The summed E-state index contributed by atoms with van der Waals surface area (Å²) in [5, 5.41) is 10.8. The molecule has 4 atom stereocenters. The molecule has 0 aliphatic heterocycles. The lowest BCUT2D eigenvalue weighted by Gasteiger charge is -2.27. The van der Waals surface area contributed by atoms with Gasteiger partial charge in [0.2, 0.25) is 0 Å². The highest BCUT2D eigenvalue weighted by Crippen LogP contribution is 2.52. The number of alkyl halides is 2. The van der Waals surface area contributed by atoms with Crippen molar-refractivity contribution >= 4 is 0 Å². The largest absolute Gasteiger partial charge is 0.388 e. The molecule has 0 aromatic heterocycles. The van der Waals surface area contributed by atoms with Gasteiger partial charge in [-0.05, 0) is 41.3 Å². The Hall–Kier alpha value is -2.21. The number of allylic oxidation sites excluding steroid dienone is 5. The van der Waals surface area contributed by atoms with E-state index in [1.54, 1.807) is 13.0 Å². The molecule has 0 spiro atoms. The molecule has 0 radical (unpaired) electrons. The Bertz CT molecular complexity index is 844. The van der Waals surface area contributed by atoms with Gasteiger partial charge >= 0.3 is 0 Å². The van der Waals surface area contributed by atoms with Gasteiger partial charge in [0.25, 0.3) is 6.43 Å². The van der Waals surface area contributed by atoms with Gasteiger partial charge in [0, 0.05) is 17.8 Å². The van der Waals surface area contributed by atoms with Crippen LogP contribution >= 0.6 is 0 Å². The highest BCUT2D eigenvalue weighted by atomic mass is 19.3. The lowest BCUT2D eigenvalue weighted by Crippen LogP contribution is -2.20. The molecule has 1 aromatic carbocycles. The maximum atomic E-state index is 14.0. The van der Waals surface area contributed by atoms with Gasteiger partial charge in [-0.3, -0.25) is 0 Å². The van der Waals surface area contributed by atoms with Crippen molar-refractivity contribution in [3.05, 3.63) is 82.8 Å². The lowest BCUT2D eigenvalue weighted by molar-refractivity contribution is 0.114. The van der Waals surface area contributed by atoms with Crippen molar-refractivity contribution in [2.24, 2.45) is 17.8 Å². The van der Waals surface area contributed by atoms with Crippen LogP contribution in [-0.4, -0.2) is 5.11 Å². The molecule has 6 heteroatoms. The summed E-state index contributed by atoms with van der Waals surface area (Å²) in [4.78, 5) is 0. The number of aliphatic hydroxyl groups excluding tert-OH is 1. The SMILES string of the molecule is C=CC1C2=C(C=C(F)C(C)C2)C(=C)C1C(O)c1cc(F)c(C(F)F)c(F)c1. The second-order valence-corrected chi connectivity index (χ2v) is 7.03.